The Labute approximate surface area is 224 Å². The van der Waals surface area contributed by atoms with Crippen molar-refractivity contribution >= 4 is 67.5 Å². The zero-order chi connectivity index (χ0) is 23.9. The molecule has 4 aromatic rings. The molecule has 0 bridgehead atoms. The number of fused-ring (bicyclic) bond motifs is 2. The smallest absolute Gasteiger partial charge is 0.237 e. The minimum absolute atomic E-state index is 0. The fourth-order valence-electron chi connectivity index (χ4n) is 5.51. The van der Waals surface area contributed by atoms with Crippen molar-refractivity contribution in [1.82, 2.24) is 19.8 Å². The number of amides is 2. The standard InChI is InChI=1S/C28H27BrN4O2.ClH/c29-19-6-7-26-21(14-19)23(16-30-26)18-8-12-32(13-9-18)10-3-11-33-27(34)15-22(28(33)35)24-17-31-25-5-2-1-4-20(24)25;/h1-2,4-8,14,16-17,22,30-31H,3,9-13,15H2;1H. The van der Waals surface area contributed by atoms with Gasteiger partial charge in [-0.3, -0.25) is 19.4 Å². The number of rotatable bonds is 6. The Morgan fingerprint density at radius 1 is 0.972 bits per heavy atom. The Morgan fingerprint density at radius 3 is 2.61 bits per heavy atom. The second-order valence-electron chi connectivity index (χ2n) is 9.46. The predicted octanol–water partition coefficient (Wildman–Crippen LogP) is 5.86. The normalized spacial score (nSPS) is 18.8. The van der Waals surface area contributed by atoms with Gasteiger partial charge in [0.1, 0.15) is 0 Å². The molecule has 1 fully saturated rings. The summed E-state index contributed by atoms with van der Waals surface area (Å²) in [5.74, 6) is -0.502. The lowest BCUT2D eigenvalue weighted by Gasteiger charge is -2.27. The number of aromatic nitrogens is 2. The summed E-state index contributed by atoms with van der Waals surface area (Å²) in [6.07, 6.45) is 8.34. The van der Waals surface area contributed by atoms with Crippen molar-refractivity contribution in [3.8, 4) is 0 Å². The van der Waals surface area contributed by atoms with Crippen LogP contribution >= 0.6 is 28.3 Å². The summed E-state index contributed by atoms with van der Waals surface area (Å²) in [5.41, 5.74) is 5.73. The molecule has 1 atom stereocenters. The van der Waals surface area contributed by atoms with Gasteiger partial charge in [0.15, 0.2) is 0 Å². The lowest BCUT2D eigenvalue weighted by Crippen LogP contribution is -2.35. The lowest BCUT2D eigenvalue weighted by molar-refractivity contribution is -0.138. The van der Waals surface area contributed by atoms with Gasteiger partial charge in [0, 0.05) is 76.8 Å². The number of aromatic amines is 2. The Bertz CT molecular complexity index is 1470. The first kappa shape index (κ1) is 24.8. The molecule has 2 aromatic carbocycles. The fourth-order valence-corrected chi connectivity index (χ4v) is 5.87. The minimum Gasteiger partial charge on any atom is -0.361 e. The van der Waals surface area contributed by atoms with Crippen LogP contribution in [-0.2, 0) is 9.59 Å². The third-order valence-electron chi connectivity index (χ3n) is 7.38. The summed E-state index contributed by atoms with van der Waals surface area (Å²) in [4.78, 5) is 36.3. The van der Waals surface area contributed by atoms with E-state index in [2.05, 4.69) is 61.3 Å². The van der Waals surface area contributed by atoms with E-state index in [1.807, 2.05) is 30.5 Å². The second kappa shape index (κ2) is 10.2. The van der Waals surface area contributed by atoms with Crippen LogP contribution in [0.4, 0.5) is 0 Å². The molecule has 0 saturated carbocycles. The molecule has 0 radical (unpaired) electrons. The van der Waals surface area contributed by atoms with Crippen molar-refractivity contribution < 1.29 is 9.59 Å². The van der Waals surface area contributed by atoms with E-state index in [1.165, 1.54) is 21.4 Å². The molecule has 2 N–H and O–H groups in total. The van der Waals surface area contributed by atoms with Crippen LogP contribution in [0.2, 0.25) is 0 Å². The van der Waals surface area contributed by atoms with Gasteiger partial charge in [-0.1, -0.05) is 40.2 Å². The molecule has 6 rings (SSSR count). The van der Waals surface area contributed by atoms with Crippen LogP contribution in [0.1, 0.15) is 36.3 Å². The quantitative estimate of drug-likeness (QED) is 0.287. The number of halogens is 2. The fraction of sp³-hybridized carbons (Fsp3) is 0.286. The number of nitrogens with one attached hydrogen (secondary N) is 2. The van der Waals surface area contributed by atoms with Crippen LogP contribution in [0, 0.1) is 0 Å². The van der Waals surface area contributed by atoms with Gasteiger partial charge in [0.2, 0.25) is 11.8 Å². The molecule has 2 aliphatic heterocycles. The highest BCUT2D eigenvalue weighted by molar-refractivity contribution is 9.10. The number of benzene rings is 2. The molecule has 4 heterocycles. The van der Waals surface area contributed by atoms with Crippen molar-refractivity contribution in [3.05, 3.63) is 76.5 Å². The van der Waals surface area contributed by atoms with Gasteiger partial charge in [-0.15, -0.1) is 12.4 Å². The van der Waals surface area contributed by atoms with Crippen LogP contribution in [0.3, 0.4) is 0 Å². The molecular weight excluding hydrogens is 540 g/mol. The van der Waals surface area contributed by atoms with Crippen molar-refractivity contribution in [2.75, 3.05) is 26.2 Å². The zero-order valence-corrected chi connectivity index (χ0v) is 22.2. The average molecular weight is 568 g/mol. The van der Waals surface area contributed by atoms with Gasteiger partial charge in [-0.05, 0) is 48.2 Å². The molecule has 0 aliphatic carbocycles. The number of imide groups is 1. The topological polar surface area (TPSA) is 72.2 Å². The van der Waals surface area contributed by atoms with Crippen molar-refractivity contribution in [3.63, 3.8) is 0 Å². The summed E-state index contributed by atoms with van der Waals surface area (Å²) in [6.45, 7) is 3.22. The molecule has 1 saturated heterocycles. The molecule has 2 aromatic heterocycles. The maximum absolute atomic E-state index is 13.1. The first-order valence-electron chi connectivity index (χ1n) is 12.2. The van der Waals surface area contributed by atoms with E-state index in [9.17, 15) is 9.59 Å². The number of hydrogen-bond donors (Lipinski definition) is 2. The predicted molar refractivity (Wildman–Crippen MR) is 149 cm³/mol. The number of nitrogens with zero attached hydrogens (tertiary/aromatic N) is 2. The molecular formula is C28H28BrClN4O2. The number of H-pyrrole nitrogens is 2. The Hall–Kier alpha value is -2.87. The van der Waals surface area contributed by atoms with E-state index in [1.54, 1.807) is 0 Å². The van der Waals surface area contributed by atoms with E-state index in [4.69, 9.17) is 0 Å². The summed E-state index contributed by atoms with van der Waals surface area (Å²) in [6, 6.07) is 14.3. The second-order valence-corrected chi connectivity index (χ2v) is 10.4. The summed E-state index contributed by atoms with van der Waals surface area (Å²) < 4.78 is 1.09. The lowest BCUT2D eigenvalue weighted by atomic mass is 9.97. The monoisotopic (exact) mass is 566 g/mol. The van der Waals surface area contributed by atoms with Crippen molar-refractivity contribution in [2.45, 2.75) is 25.2 Å². The van der Waals surface area contributed by atoms with Crippen LogP contribution < -0.4 is 0 Å². The summed E-state index contributed by atoms with van der Waals surface area (Å²) in [5, 5.41) is 2.27. The molecule has 6 nitrogen and oxygen atoms in total. The average Bonchev–Trinajstić information content (AvgIpc) is 3.56. The Balaban J connectivity index is 0.00000267. The van der Waals surface area contributed by atoms with Crippen molar-refractivity contribution in [2.24, 2.45) is 0 Å². The summed E-state index contributed by atoms with van der Waals surface area (Å²) in [7, 11) is 0. The van der Waals surface area contributed by atoms with Gasteiger partial charge >= 0.3 is 0 Å². The van der Waals surface area contributed by atoms with E-state index >= 15 is 0 Å². The SMILES string of the molecule is Cl.O=C1CC(c2c[nH]c3ccccc23)C(=O)N1CCCN1CC=C(c2c[nH]c3ccc(Br)cc23)CC1. The highest BCUT2D eigenvalue weighted by Crippen LogP contribution is 2.34. The molecule has 2 aliphatic rings. The van der Waals surface area contributed by atoms with Gasteiger partial charge in [-0.2, -0.15) is 0 Å². The van der Waals surface area contributed by atoms with Gasteiger partial charge in [0.25, 0.3) is 0 Å². The number of hydrogen-bond acceptors (Lipinski definition) is 3. The first-order chi connectivity index (χ1) is 17.1. The molecule has 2 amide bonds. The molecule has 36 heavy (non-hydrogen) atoms. The number of likely N-dealkylation sites (tertiary alicyclic amines) is 1. The minimum atomic E-state index is -0.379. The first-order valence-corrected chi connectivity index (χ1v) is 13.0. The maximum atomic E-state index is 13.1. The molecule has 8 heteroatoms. The third-order valence-corrected chi connectivity index (χ3v) is 7.87. The highest BCUT2D eigenvalue weighted by Gasteiger charge is 2.40. The van der Waals surface area contributed by atoms with Crippen LogP contribution in [0.25, 0.3) is 27.4 Å². The number of carbonyl (C=O) groups excluding carboxylic acids is 2. The Morgan fingerprint density at radius 2 is 1.78 bits per heavy atom. The molecule has 186 valence electrons. The van der Waals surface area contributed by atoms with E-state index < -0.39 is 0 Å². The van der Waals surface area contributed by atoms with Gasteiger partial charge in [-0.25, -0.2) is 0 Å². The number of para-hydroxylation sites is 1. The molecule has 1 unspecified atom stereocenters. The van der Waals surface area contributed by atoms with E-state index in [-0.39, 0.29) is 36.6 Å². The Kier molecular flexibility index (Phi) is 7.06. The van der Waals surface area contributed by atoms with Gasteiger partial charge in [0.05, 0.1) is 5.92 Å². The van der Waals surface area contributed by atoms with Crippen LogP contribution in [-0.4, -0.2) is 57.8 Å². The maximum Gasteiger partial charge on any atom is 0.237 e. The largest absolute Gasteiger partial charge is 0.361 e. The zero-order valence-electron chi connectivity index (χ0n) is 19.8. The van der Waals surface area contributed by atoms with Crippen molar-refractivity contribution in [1.29, 1.82) is 0 Å². The van der Waals surface area contributed by atoms with E-state index in [0.29, 0.717) is 6.54 Å². The van der Waals surface area contributed by atoms with Crippen LogP contribution in [0.5, 0.6) is 0 Å². The highest BCUT2D eigenvalue weighted by atomic mass is 79.9. The van der Waals surface area contributed by atoms with E-state index in [0.717, 1.165) is 58.9 Å². The van der Waals surface area contributed by atoms with Crippen LogP contribution in [0.15, 0.2) is 65.4 Å². The molecule has 0 spiro atoms. The summed E-state index contributed by atoms with van der Waals surface area (Å²) >= 11 is 3.58. The third kappa shape index (κ3) is 4.51. The van der Waals surface area contributed by atoms with Gasteiger partial charge < -0.3 is 9.97 Å². The number of carbonyl (C=O) groups is 2.